The molecule has 0 bridgehead atoms. The predicted octanol–water partition coefficient (Wildman–Crippen LogP) is 5.60. The zero-order valence-corrected chi connectivity index (χ0v) is 13.8. The molecule has 3 aromatic carbocycles. The number of rotatable bonds is 2. The maximum atomic E-state index is 14.0. The molecule has 0 amide bonds. The Labute approximate surface area is 148 Å². The van der Waals surface area contributed by atoms with Crippen LogP contribution in [0.1, 0.15) is 11.1 Å². The molecule has 0 spiro atoms. The molecule has 3 rings (SSSR count). The fourth-order valence-corrected chi connectivity index (χ4v) is 2.69. The molecule has 0 radical (unpaired) electrons. The second kappa shape index (κ2) is 7.66. The molecule has 0 fully saturated rings. The van der Waals surface area contributed by atoms with E-state index in [0.717, 1.165) is 11.1 Å². The molecule has 0 aliphatic heterocycles. The van der Waals surface area contributed by atoms with Crippen molar-refractivity contribution in [2.75, 3.05) is 0 Å². The van der Waals surface area contributed by atoms with Crippen molar-refractivity contribution in [3.05, 3.63) is 89.5 Å². The van der Waals surface area contributed by atoms with E-state index >= 15 is 0 Å². The highest BCUT2D eigenvalue weighted by Crippen LogP contribution is 2.24. The van der Waals surface area contributed by atoms with E-state index < -0.39 is 11.6 Å². The van der Waals surface area contributed by atoms with Gasteiger partial charge in [-0.1, -0.05) is 54.3 Å². The molecule has 0 aliphatic rings. The lowest BCUT2D eigenvalue weighted by Gasteiger charge is -2.01. The number of hydrogen-bond donors (Lipinski definition) is 0. The first-order chi connectivity index (χ1) is 12.2. The largest absolute Gasteiger partial charge is 0.202 e. The number of nitriles is 1. The molecule has 0 N–H and O–H groups in total. The van der Waals surface area contributed by atoms with E-state index in [2.05, 4.69) is 11.8 Å². The van der Waals surface area contributed by atoms with Crippen LogP contribution in [0.3, 0.4) is 0 Å². The number of hydrogen-bond acceptors (Lipinski definition) is 2. The summed E-state index contributed by atoms with van der Waals surface area (Å²) >= 11 is 0.581. The highest BCUT2D eigenvalue weighted by atomic mass is 32.2. The Bertz CT molecular complexity index is 994. The molecule has 3 aromatic rings. The zero-order valence-electron chi connectivity index (χ0n) is 13.0. The van der Waals surface area contributed by atoms with E-state index in [1.54, 1.807) is 5.40 Å². The van der Waals surface area contributed by atoms with E-state index in [9.17, 15) is 8.78 Å². The Hall–Kier alpha value is -3.08. The number of thiocyanates is 1. The van der Waals surface area contributed by atoms with Crippen molar-refractivity contribution < 1.29 is 8.78 Å². The summed E-state index contributed by atoms with van der Waals surface area (Å²) in [7, 11) is 0. The molecule has 25 heavy (non-hydrogen) atoms. The van der Waals surface area contributed by atoms with Crippen LogP contribution in [-0.4, -0.2) is 0 Å². The minimum atomic E-state index is -1.04. The fourth-order valence-electron chi connectivity index (χ4n) is 2.27. The van der Waals surface area contributed by atoms with Gasteiger partial charge in [0.15, 0.2) is 11.6 Å². The van der Waals surface area contributed by atoms with Gasteiger partial charge >= 0.3 is 0 Å². The Morgan fingerprint density at radius 2 is 1.40 bits per heavy atom. The van der Waals surface area contributed by atoms with E-state index in [-0.39, 0.29) is 10.5 Å². The molecule has 1 nitrogen and oxygen atoms in total. The van der Waals surface area contributed by atoms with E-state index in [1.165, 1.54) is 12.1 Å². The molecule has 0 aliphatic carbocycles. The first-order valence-electron chi connectivity index (χ1n) is 7.40. The third-order valence-electron chi connectivity index (χ3n) is 3.54. The van der Waals surface area contributed by atoms with E-state index in [0.29, 0.717) is 17.3 Å². The van der Waals surface area contributed by atoms with Crippen molar-refractivity contribution in [1.82, 2.24) is 0 Å². The van der Waals surface area contributed by atoms with Crippen molar-refractivity contribution in [3.63, 3.8) is 0 Å². The molecule has 0 unspecified atom stereocenters. The van der Waals surface area contributed by atoms with Crippen molar-refractivity contribution in [3.8, 4) is 28.4 Å². The van der Waals surface area contributed by atoms with Gasteiger partial charge in [-0.05, 0) is 47.2 Å². The minimum absolute atomic E-state index is 0.0353. The number of nitrogens with zero attached hydrogens (tertiary/aromatic N) is 1. The lowest BCUT2D eigenvalue weighted by molar-refractivity contribution is 0.490. The van der Waals surface area contributed by atoms with Crippen LogP contribution in [0.4, 0.5) is 8.78 Å². The summed E-state index contributed by atoms with van der Waals surface area (Å²) in [6.07, 6.45) is 0. The van der Waals surface area contributed by atoms with Crippen LogP contribution in [0.25, 0.3) is 11.1 Å². The summed E-state index contributed by atoms with van der Waals surface area (Å²) < 4.78 is 27.8. The van der Waals surface area contributed by atoms with Gasteiger partial charge < -0.3 is 0 Å². The third kappa shape index (κ3) is 3.88. The SMILES string of the molecule is N#CSc1ccc(C#Cc2ccc(-c3ccccc3)cc2)c(F)c1F. The number of thioether (sulfide) groups is 1. The normalized spacial score (nSPS) is 9.80. The molecule has 120 valence electrons. The van der Waals surface area contributed by atoms with Gasteiger partial charge in [0, 0.05) is 5.56 Å². The van der Waals surface area contributed by atoms with Gasteiger partial charge in [0.25, 0.3) is 0 Å². The maximum Gasteiger partial charge on any atom is 0.175 e. The van der Waals surface area contributed by atoms with Crippen LogP contribution in [0, 0.1) is 34.1 Å². The van der Waals surface area contributed by atoms with Crippen LogP contribution < -0.4 is 0 Å². The lowest BCUT2D eigenvalue weighted by Crippen LogP contribution is -1.92. The van der Waals surface area contributed by atoms with Crippen molar-refractivity contribution >= 4 is 11.8 Å². The number of halogens is 2. The standard InChI is InChI=1S/C21H11F2NS/c22-20-18(12-13-19(21(20)23)25-14-24)11-8-15-6-9-17(10-7-15)16-4-2-1-3-5-16/h1-7,9-10,12-13H. The Morgan fingerprint density at radius 3 is 2.08 bits per heavy atom. The minimum Gasteiger partial charge on any atom is -0.202 e. The van der Waals surface area contributed by atoms with Gasteiger partial charge in [0.1, 0.15) is 5.40 Å². The van der Waals surface area contributed by atoms with Crippen molar-refractivity contribution in [1.29, 1.82) is 5.26 Å². The molecule has 0 atom stereocenters. The lowest BCUT2D eigenvalue weighted by atomic mass is 10.0. The van der Waals surface area contributed by atoms with Crippen LogP contribution in [0.5, 0.6) is 0 Å². The fraction of sp³-hybridized carbons (Fsp3) is 0. The average molecular weight is 347 g/mol. The first kappa shape index (κ1) is 16.8. The zero-order chi connectivity index (χ0) is 17.6. The van der Waals surface area contributed by atoms with Crippen LogP contribution >= 0.6 is 11.8 Å². The monoisotopic (exact) mass is 347 g/mol. The molecular formula is C21H11F2NS. The predicted molar refractivity (Wildman–Crippen MR) is 95.7 cm³/mol. The smallest absolute Gasteiger partial charge is 0.175 e. The molecule has 0 saturated carbocycles. The van der Waals surface area contributed by atoms with Crippen molar-refractivity contribution in [2.24, 2.45) is 0 Å². The van der Waals surface area contributed by atoms with Gasteiger partial charge in [-0.15, -0.1) is 0 Å². The van der Waals surface area contributed by atoms with Gasteiger partial charge in [0.2, 0.25) is 0 Å². The summed E-state index contributed by atoms with van der Waals surface area (Å²) in [6.45, 7) is 0. The van der Waals surface area contributed by atoms with Crippen LogP contribution in [0.2, 0.25) is 0 Å². The van der Waals surface area contributed by atoms with E-state index in [4.69, 9.17) is 5.26 Å². The van der Waals surface area contributed by atoms with Crippen LogP contribution in [-0.2, 0) is 0 Å². The Balaban J connectivity index is 1.85. The summed E-state index contributed by atoms with van der Waals surface area (Å²) in [4.78, 5) is -0.0437. The van der Waals surface area contributed by atoms with Crippen molar-refractivity contribution in [2.45, 2.75) is 4.90 Å². The van der Waals surface area contributed by atoms with Crippen LogP contribution in [0.15, 0.2) is 71.6 Å². The topological polar surface area (TPSA) is 23.8 Å². The van der Waals surface area contributed by atoms with Gasteiger partial charge in [-0.25, -0.2) is 8.78 Å². The van der Waals surface area contributed by atoms with Gasteiger partial charge in [-0.3, -0.25) is 0 Å². The highest BCUT2D eigenvalue weighted by Gasteiger charge is 2.12. The van der Waals surface area contributed by atoms with Gasteiger partial charge in [0.05, 0.1) is 10.5 Å². The Morgan fingerprint density at radius 1 is 0.720 bits per heavy atom. The third-order valence-corrected chi connectivity index (χ3v) is 4.16. The molecule has 4 heteroatoms. The summed E-state index contributed by atoms with van der Waals surface area (Å²) in [5.41, 5.74) is 2.82. The quantitative estimate of drug-likeness (QED) is 0.342. The Kier molecular flexibility index (Phi) is 5.14. The van der Waals surface area contributed by atoms with E-state index in [1.807, 2.05) is 54.6 Å². The maximum absolute atomic E-state index is 14.0. The number of benzene rings is 3. The molecular weight excluding hydrogens is 336 g/mol. The second-order valence-corrected chi connectivity index (χ2v) is 5.95. The first-order valence-corrected chi connectivity index (χ1v) is 8.22. The molecule has 0 heterocycles. The summed E-state index contributed by atoms with van der Waals surface area (Å²) in [5, 5.41) is 10.3. The molecule has 0 aromatic heterocycles. The molecule has 0 saturated heterocycles. The summed E-state index contributed by atoms with van der Waals surface area (Å²) in [6, 6.07) is 20.2. The highest BCUT2D eigenvalue weighted by molar-refractivity contribution is 8.03. The van der Waals surface area contributed by atoms with Gasteiger partial charge in [-0.2, -0.15) is 5.26 Å². The summed E-state index contributed by atoms with van der Waals surface area (Å²) in [5.74, 6) is 3.39. The average Bonchev–Trinajstić information content (AvgIpc) is 2.66. The second-order valence-electron chi connectivity index (χ2n) is 5.13.